The molecule has 1 aromatic carbocycles. The Labute approximate surface area is 146 Å². The fourth-order valence-corrected chi connectivity index (χ4v) is 3.27. The summed E-state index contributed by atoms with van der Waals surface area (Å²) in [6, 6.07) is 4.59. The molecule has 0 spiro atoms. The first kappa shape index (κ1) is 18.4. The van der Waals surface area contributed by atoms with E-state index >= 15 is 0 Å². The highest BCUT2D eigenvalue weighted by molar-refractivity contribution is 9.10. The van der Waals surface area contributed by atoms with E-state index < -0.39 is 20.2 Å². The number of nitrogens with zero attached hydrogens (tertiary/aromatic N) is 1. The molecule has 1 heterocycles. The monoisotopic (exact) mass is 403 g/mol. The minimum atomic E-state index is -1.89. The third-order valence-electron chi connectivity index (χ3n) is 4.53. The van der Waals surface area contributed by atoms with Gasteiger partial charge in [-0.25, -0.2) is 9.18 Å². The largest absolute Gasteiger partial charge is 0.442 e. The summed E-state index contributed by atoms with van der Waals surface area (Å²) in [5.41, 5.74) is 0.491. The van der Waals surface area contributed by atoms with Gasteiger partial charge in [-0.05, 0) is 52.3 Å². The van der Waals surface area contributed by atoms with E-state index in [2.05, 4.69) is 49.8 Å². The highest BCUT2D eigenvalue weighted by atomic mass is 79.9. The lowest BCUT2D eigenvalue weighted by Crippen LogP contribution is -2.43. The van der Waals surface area contributed by atoms with Crippen LogP contribution in [0.5, 0.6) is 0 Å². The van der Waals surface area contributed by atoms with Gasteiger partial charge in [0.05, 0.1) is 23.3 Å². The summed E-state index contributed by atoms with van der Waals surface area (Å²) in [5, 5.41) is 0.101. The average Bonchev–Trinajstić information content (AvgIpc) is 2.80. The molecule has 23 heavy (non-hydrogen) atoms. The SMILES string of the molecule is CC(C)(C)[Si](C)(C)OC[C@@H]1CN(c2ccc(Br)c(F)c2)C(=O)O1. The lowest BCUT2D eigenvalue weighted by atomic mass is 10.2. The maximum atomic E-state index is 13.6. The number of anilines is 1. The number of hydrogen-bond donors (Lipinski definition) is 0. The molecular weight excluding hydrogens is 381 g/mol. The van der Waals surface area contributed by atoms with Gasteiger partial charge in [0.25, 0.3) is 0 Å². The molecule has 1 aliphatic rings. The second-order valence-corrected chi connectivity index (χ2v) is 12.9. The van der Waals surface area contributed by atoms with Crippen LogP contribution in [-0.4, -0.2) is 33.7 Å². The molecule has 7 heteroatoms. The van der Waals surface area contributed by atoms with Crippen LogP contribution in [0.25, 0.3) is 0 Å². The zero-order chi connectivity index (χ0) is 17.4. The average molecular weight is 404 g/mol. The summed E-state index contributed by atoms with van der Waals surface area (Å²) in [6.07, 6.45) is -0.793. The first-order valence-corrected chi connectivity index (χ1v) is 11.3. The van der Waals surface area contributed by atoms with Crippen LogP contribution >= 0.6 is 15.9 Å². The predicted molar refractivity (Wildman–Crippen MR) is 94.9 cm³/mol. The Bertz CT molecular complexity index is 603. The van der Waals surface area contributed by atoms with Crippen LogP contribution in [0.3, 0.4) is 0 Å². The van der Waals surface area contributed by atoms with Crippen LogP contribution in [0.15, 0.2) is 22.7 Å². The quantitative estimate of drug-likeness (QED) is 0.668. The summed E-state index contributed by atoms with van der Waals surface area (Å²) in [4.78, 5) is 13.5. The van der Waals surface area contributed by atoms with Crippen molar-refractivity contribution in [3.8, 4) is 0 Å². The molecule has 0 aromatic heterocycles. The molecule has 1 aliphatic heterocycles. The van der Waals surface area contributed by atoms with Gasteiger partial charge in [0.1, 0.15) is 11.9 Å². The Hall–Kier alpha value is -0.923. The third-order valence-corrected chi connectivity index (χ3v) is 9.67. The van der Waals surface area contributed by atoms with Crippen molar-refractivity contribution in [2.24, 2.45) is 0 Å². The van der Waals surface area contributed by atoms with Crippen LogP contribution < -0.4 is 4.90 Å². The van der Waals surface area contributed by atoms with Crippen LogP contribution in [-0.2, 0) is 9.16 Å². The van der Waals surface area contributed by atoms with E-state index in [4.69, 9.17) is 9.16 Å². The van der Waals surface area contributed by atoms with Crippen LogP contribution in [0.2, 0.25) is 18.1 Å². The Morgan fingerprint density at radius 2 is 2.09 bits per heavy atom. The number of carbonyl (C=O) groups excluding carboxylic acids is 1. The van der Waals surface area contributed by atoms with Crippen molar-refractivity contribution in [3.63, 3.8) is 0 Å². The fourth-order valence-electron chi connectivity index (χ4n) is 1.99. The van der Waals surface area contributed by atoms with Crippen molar-refractivity contribution in [2.75, 3.05) is 18.1 Å². The van der Waals surface area contributed by atoms with E-state index in [9.17, 15) is 9.18 Å². The van der Waals surface area contributed by atoms with Gasteiger partial charge in [-0.2, -0.15) is 0 Å². The molecule has 0 radical (unpaired) electrons. The van der Waals surface area contributed by atoms with Gasteiger partial charge in [-0.15, -0.1) is 0 Å². The minimum Gasteiger partial charge on any atom is -0.442 e. The molecule has 1 saturated heterocycles. The first-order chi connectivity index (χ1) is 10.5. The van der Waals surface area contributed by atoms with E-state index in [0.29, 0.717) is 23.3 Å². The van der Waals surface area contributed by atoms with Crippen LogP contribution in [0.4, 0.5) is 14.9 Å². The lowest BCUT2D eigenvalue weighted by Gasteiger charge is -2.36. The zero-order valence-corrected chi connectivity index (χ0v) is 16.7. The molecule has 1 amide bonds. The minimum absolute atomic E-state index is 0.101. The molecule has 1 aromatic rings. The van der Waals surface area contributed by atoms with Gasteiger partial charge in [-0.3, -0.25) is 4.90 Å². The number of rotatable bonds is 4. The Kier molecular flexibility index (Phi) is 5.23. The van der Waals surface area contributed by atoms with Gasteiger partial charge in [0.2, 0.25) is 0 Å². The van der Waals surface area contributed by atoms with E-state index in [0.717, 1.165) is 0 Å². The Morgan fingerprint density at radius 1 is 1.43 bits per heavy atom. The number of carbonyl (C=O) groups is 1. The van der Waals surface area contributed by atoms with Gasteiger partial charge in [-0.1, -0.05) is 20.8 Å². The van der Waals surface area contributed by atoms with Crippen LogP contribution in [0.1, 0.15) is 20.8 Å². The second kappa shape index (κ2) is 6.53. The van der Waals surface area contributed by atoms with E-state index in [1.807, 2.05) is 0 Å². The van der Waals surface area contributed by atoms with Crippen molar-refractivity contribution >= 4 is 36.0 Å². The van der Waals surface area contributed by atoms with Crippen molar-refractivity contribution in [1.82, 2.24) is 0 Å². The normalized spacial score (nSPS) is 19.2. The number of benzene rings is 1. The number of ether oxygens (including phenoxy) is 1. The molecule has 1 atom stereocenters. The van der Waals surface area contributed by atoms with Crippen molar-refractivity contribution < 1.29 is 18.3 Å². The summed E-state index contributed by atoms with van der Waals surface area (Å²) in [7, 11) is -1.89. The number of hydrogen-bond acceptors (Lipinski definition) is 3. The topological polar surface area (TPSA) is 38.8 Å². The molecule has 4 nitrogen and oxygen atoms in total. The number of amides is 1. The highest BCUT2D eigenvalue weighted by Crippen LogP contribution is 2.37. The summed E-state index contributed by atoms with van der Waals surface area (Å²) < 4.78 is 25.5. The first-order valence-electron chi connectivity index (χ1n) is 7.58. The molecule has 0 saturated carbocycles. The van der Waals surface area contributed by atoms with E-state index in [1.54, 1.807) is 12.1 Å². The Balaban J connectivity index is 2.01. The third kappa shape index (κ3) is 4.13. The number of halogens is 2. The highest BCUT2D eigenvalue weighted by Gasteiger charge is 2.40. The number of cyclic esters (lactones) is 1. The van der Waals surface area contributed by atoms with Crippen molar-refractivity contribution in [1.29, 1.82) is 0 Å². The summed E-state index contributed by atoms with van der Waals surface area (Å²) in [6.45, 7) is 11.5. The maximum absolute atomic E-state index is 13.6. The molecule has 0 bridgehead atoms. The Morgan fingerprint density at radius 3 is 2.65 bits per heavy atom. The molecule has 0 N–H and O–H groups in total. The molecular formula is C16H23BrFNO3Si. The van der Waals surface area contributed by atoms with E-state index in [-0.39, 0.29) is 11.1 Å². The van der Waals surface area contributed by atoms with Gasteiger partial charge in [0, 0.05) is 0 Å². The van der Waals surface area contributed by atoms with Crippen LogP contribution in [0, 0.1) is 5.82 Å². The maximum Gasteiger partial charge on any atom is 0.414 e. The van der Waals surface area contributed by atoms with Gasteiger partial charge >= 0.3 is 6.09 Å². The molecule has 0 unspecified atom stereocenters. The van der Waals surface area contributed by atoms with Gasteiger partial charge in [0.15, 0.2) is 8.32 Å². The molecule has 2 rings (SSSR count). The van der Waals surface area contributed by atoms with Crippen molar-refractivity contribution in [2.45, 2.75) is 45.0 Å². The predicted octanol–water partition coefficient (Wildman–Crippen LogP) is 4.94. The molecule has 1 fully saturated rings. The summed E-state index contributed by atoms with van der Waals surface area (Å²) >= 11 is 3.11. The smallest absolute Gasteiger partial charge is 0.414 e. The second-order valence-electron chi connectivity index (χ2n) is 7.29. The zero-order valence-electron chi connectivity index (χ0n) is 14.2. The molecule has 0 aliphatic carbocycles. The van der Waals surface area contributed by atoms with Gasteiger partial charge < -0.3 is 9.16 Å². The fraction of sp³-hybridized carbons (Fsp3) is 0.562. The van der Waals surface area contributed by atoms with Crippen molar-refractivity contribution in [3.05, 3.63) is 28.5 Å². The lowest BCUT2D eigenvalue weighted by molar-refractivity contribution is 0.0997. The molecule has 128 valence electrons. The standard InChI is InChI=1S/C16H23BrFNO3Si/c1-16(2,3)23(4,5)21-10-12-9-19(15(20)22-12)11-6-7-13(17)14(18)8-11/h6-8,12H,9-10H2,1-5H3/t12-/m0/s1. The van der Waals surface area contributed by atoms with E-state index in [1.165, 1.54) is 11.0 Å². The summed E-state index contributed by atoms with van der Waals surface area (Å²) in [5.74, 6) is -0.406.